The first kappa shape index (κ1) is 21.6. The number of carbonyl (C=O) groups is 2. The van der Waals surface area contributed by atoms with Gasteiger partial charge < -0.3 is 5.32 Å². The summed E-state index contributed by atoms with van der Waals surface area (Å²) >= 11 is 5.84. The second kappa shape index (κ2) is 11.2. The van der Waals surface area contributed by atoms with E-state index in [9.17, 15) is 9.59 Å². The average molecular weight is 400 g/mol. The molecular weight excluding hydrogens is 374 g/mol. The van der Waals surface area contributed by atoms with Gasteiger partial charge in [-0.25, -0.2) is 5.43 Å². The number of benzene rings is 2. The van der Waals surface area contributed by atoms with E-state index in [-0.39, 0.29) is 11.8 Å². The van der Waals surface area contributed by atoms with Crippen LogP contribution in [0.15, 0.2) is 53.6 Å². The van der Waals surface area contributed by atoms with Gasteiger partial charge in [0.1, 0.15) is 0 Å². The Labute approximate surface area is 171 Å². The Morgan fingerprint density at radius 2 is 1.57 bits per heavy atom. The predicted octanol–water partition coefficient (Wildman–Crippen LogP) is 5.40. The molecule has 0 atom stereocenters. The highest BCUT2D eigenvalue weighted by atomic mass is 35.5. The molecule has 0 heterocycles. The Hall–Kier alpha value is -2.66. The monoisotopic (exact) mass is 399 g/mol. The van der Waals surface area contributed by atoms with Crippen molar-refractivity contribution in [2.24, 2.45) is 5.10 Å². The number of amides is 2. The molecule has 0 aliphatic carbocycles. The van der Waals surface area contributed by atoms with Crippen molar-refractivity contribution in [3.05, 3.63) is 64.7 Å². The molecule has 0 bridgehead atoms. The van der Waals surface area contributed by atoms with Crippen molar-refractivity contribution in [1.29, 1.82) is 0 Å². The van der Waals surface area contributed by atoms with Gasteiger partial charge in [0.15, 0.2) is 0 Å². The Morgan fingerprint density at radius 1 is 0.929 bits per heavy atom. The molecule has 5 nitrogen and oxygen atoms in total. The van der Waals surface area contributed by atoms with Crippen LogP contribution in [-0.2, 0) is 4.79 Å². The van der Waals surface area contributed by atoms with Gasteiger partial charge in [0, 0.05) is 22.7 Å². The van der Waals surface area contributed by atoms with E-state index < -0.39 is 0 Å². The van der Waals surface area contributed by atoms with Crippen LogP contribution >= 0.6 is 11.6 Å². The minimum Gasteiger partial charge on any atom is -0.322 e. The average Bonchev–Trinajstić information content (AvgIpc) is 2.70. The largest absolute Gasteiger partial charge is 0.322 e. The number of nitrogens with zero attached hydrogens (tertiary/aromatic N) is 1. The van der Waals surface area contributed by atoms with Crippen molar-refractivity contribution < 1.29 is 9.59 Å². The second-order valence-electron chi connectivity index (χ2n) is 6.58. The molecule has 0 aliphatic rings. The summed E-state index contributed by atoms with van der Waals surface area (Å²) < 4.78 is 0. The molecule has 6 heteroatoms. The molecule has 28 heavy (non-hydrogen) atoms. The summed E-state index contributed by atoms with van der Waals surface area (Å²) in [6, 6.07) is 14.0. The van der Waals surface area contributed by atoms with Crippen molar-refractivity contribution in [3.8, 4) is 0 Å². The summed E-state index contributed by atoms with van der Waals surface area (Å²) in [5.41, 5.74) is 5.39. The van der Waals surface area contributed by atoms with Gasteiger partial charge in [0.05, 0.1) is 5.71 Å². The van der Waals surface area contributed by atoms with Crippen LogP contribution in [0.1, 0.15) is 61.9 Å². The Morgan fingerprint density at radius 3 is 2.21 bits per heavy atom. The molecule has 0 fully saturated rings. The molecule has 0 saturated carbocycles. The van der Waals surface area contributed by atoms with E-state index >= 15 is 0 Å². The quantitative estimate of drug-likeness (QED) is 0.336. The summed E-state index contributed by atoms with van der Waals surface area (Å²) in [6.07, 6.45) is 4.74. The second-order valence-corrected chi connectivity index (χ2v) is 7.02. The molecular formula is C22H26ClN3O2. The molecule has 0 radical (unpaired) electrons. The fourth-order valence-electron chi connectivity index (χ4n) is 2.58. The number of hydrazone groups is 1. The highest BCUT2D eigenvalue weighted by molar-refractivity contribution is 6.30. The van der Waals surface area contributed by atoms with Crippen LogP contribution in [0.4, 0.5) is 5.69 Å². The number of hydrogen-bond acceptors (Lipinski definition) is 3. The van der Waals surface area contributed by atoms with Crippen LogP contribution in [0.2, 0.25) is 5.02 Å². The van der Waals surface area contributed by atoms with Crippen molar-refractivity contribution in [2.75, 3.05) is 5.32 Å². The van der Waals surface area contributed by atoms with Crippen LogP contribution in [0.3, 0.4) is 0 Å². The van der Waals surface area contributed by atoms with E-state index in [2.05, 4.69) is 22.8 Å². The number of rotatable bonds is 9. The number of nitrogens with one attached hydrogen (secondary N) is 2. The molecule has 0 aliphatic heterocycles. The van der Waals surface area contributed by atoms with Crippen LogP contribution in [0, 0.1) is 0 Å². The van der Waals surface area contributed by atoms with E-state index in [4.69, 9.17) is 11.6 Å². The molecule has 2 N–H and O–H groups in total. The zero-order valence-corrected chi connectivity index (χ0v) is 17.1. The molecule has 148 valence electrons. The Bertz CT molecular complexity index is 815. The number of anilines is 1. The maximum absolute atomic E-state index is 12.2. The summed E-state index contributed by atoms with van der Waals surface area (Å²) in [6.45, 7) is 3.97. The third-order valence-corrected chi connectivity index (χ3v) is 4.52. The van der Waals surface area contributed by atoms with Crippen molar-refractivity contribution in [1.82, 2.24) is 5.43 Å². The fourth-order valence-corrected chi connectivity index (χ4v) is 2.70. The van der Waals surface area contributed by atoms with Crippen molar-refractivity contribution >= 4 is 34.8 Å². The lowest BCUT2D eigenvalue weighted by Gasteiger charge is -2.07. The minimum absolute atomic E-state index is 0.0673. The van der Waals surface area contributed by atoms with E-state index in [0.717, 1.165) is 31.2 Å². The van der Waals surface area contributed by atoms with Crippen LogP contribution in [0.5, 0.6) is 0 Å². The number of halogens is 1. The highest BCUT2D eigenvalue weighted by Crippen LogP contribution is 2.14. The standard InChI is InChI=1S/C22H26ClN3O2/c1-3-4-5-6-7-21(27)26-25-16(2)17-10-14-20(15-11-17)24-22(28)18-8-12-19(23)13-9-18/h8-15H,3-7H2,1-2H3,(H,24,28)(H,26,27)/b25-16-. The first-order valence-corrected chi connectivity index (χ1v) is 9.88. The summed E-state index contributed by atoms with van der Waals surface area (Å²) in [4.78, 5) is 24.0. The predicted molar refractivity (Wildman–Crippen MR) is 115 cm³/mol. The third-order valence-electron chi connectivity index (χ3n) is 4.27. The zero-order chi connectivity index (χ0) is 20.4. The van der Waals surface area contributed by atoms with Gasteiger partial charge in [0.2, 0.25) is 5.91 Å². The summed E-state index contributed by atoms with van der Waals surface area (Å²) in [5.74, 6) is -0.271. The van der Waals surface area contributed by atoms with Gasteiger partial charge in [-0.1, -0.05) is 49.9 Å². The maximum Gasteiger partial charge on any atom is 0.255 e. The number of unbranched alkanes of at least 4 members (excludes halogenated alkanes) is 3. The lowest BCUT2D eigenvalue weighted by atomic mass is 10.1. The summed E-state index contributed by atoms with van der Waals surface area (Å²) in [5, 5.41) is 7.58. The maximum atomic E-state index is 12.2. The minimum atomic E-state index is -0.204. The molecule has 0 saturated heterocycles. The van der Waals surface area contributed by atoms with E-state index in [1.807, 2.05) is 19.1 Å². The Kier molecular flexibility index (Phi) is 8.69. The van der Waals surface area contributed by atoms with Crippen LogP contribution in [0.25, 0.3) is 0 Å². The highest BCUT2D eigenvalue weighted by Gasteiger charge is 2.07. The smallest absolute Gasteiger partial charge is 0.255 e. The van der Waals surface area contributed by atoms with E-state index in [1.54, 1.807) is 36.4 Å². The Balaban J connectivity index is 1.87. The molecule has 2 amide bonds. The topological polar surface area (TPSA) is 70.6 Å². The van der Waals surface area contributed by atoms with Crippen molar-refractivity contribution in [3.63, 3.8) is 0 Å². The van der Waals surface area contributed by atoms with Crippen LogP contribution < -0.4 is 10.7 Å². The molecule has 2 rings (SSSR count). The van der Waals surface area contributed by atoms with E-state index in [1.165, 1.54) is 0 Å². The van der Waals surface area contributed by atoms with Crippen LogP contribution in [-0.4, -0.2) is 17.5 Å². The molecule has 0 spiro atoms. The summed E-state index contributed by atoms with van der Waals surface area (Å²) in [7, 11) is 0. The third kappa shape index (κ3) is 7.16. The zero-order valence-electron chi connectivity index (χ0n) is 16.3. The van der Waals surface area contributed by atoms with Gasteiger partial charge in [0.25, 0.3) is 5.91 Å². The van der Waals surface area contributed by atoms with Gasteiger partial charge in [-0.2, -0.15) is 5.10 Å². The normalized spacial score (nSPS) is 11.2. The van der Waals surface area contributed by atoms with Gasteiger partial charge >= 0.3 is 0 Å². The number of carbonyl (C=O) groups excluding carboxylic acids is 2. The first-order chi connectivity index (χ1) is 13.5. The van der Waals surface area contributed by atoms with Crippen molar-refractivity contribution in [2.45, 2.75) is 46.0 Å². The fraction of sp³-hybridized carbons (Fsp3) is 0.318. The first-order valence-electron chi connectivity index (χ1n) is 9.50. The number of hydrogen-bond donors (Lipinski definition) is 2. The molecule has 0 aromatic heterocycles. The van der Waals surface area contributed by atoms with Gasteiger partial charge in [-0.15, -0.1) is 0 Å². The van der Waals surface area contributed by atoms with E-state index in [0.29, 0.717) is 28.4 Å². The molecule has 0 unspecified atom stereocenters. The lowest BCUT2D eigenvalue weighted by Crippen LogP contribution is -2.18. The van der Waals surface area contributed by atoms with Gasteiger partial charge in [-0.05, 0) is 55.3 Å². The molecule has 2 aromatic rings. The lowest BCUT2D eigenvalue weighted by molar-refractivity contribution is -0.121. The SMILES string of the molecule is CCCCCCC(=O)N/N=C(/C)c1ccc(NC(=O)c2ccc(Cl)cc2)cc1. The van der Waals surface area contributed by atoms with Gasteiger partial charge in [-0.3, -0.25) is 9.59 Å². The molecule has 2 aromatic carbocycles.